The quantitative estimate of drug-likeness (QED) is 0.554. The summed E-state index contributed by atoms with van der Waals surface area (Å²) < 4.78 is 15.9. The number of ether oxygens (including phenoxy) is 3. The molecule has 0 radical (unpaired) electrons. The summed E-state index contributed by atoms with van der Waals surface area (Å²) in [4.78, 5) is 28.1. The number of carbonyl (C=O) groups is 2. The molecule has 3 aromatic carbocycles. The molecule has 1 heterocycles. The summed E-state index contributed by atoms with van der Waals surface area (Å²) in [6.07, 6.45) is 0.0758. The molecular formula is C26H26N2O5. The van der Waals surface area contributed by atoms with Gasteiger partial charge in [-0.2, -0.15) is 0 Å². The lowest BCUT2D eigenvalue weighted by molar-refractivity contribution is -0.117. The fourth-order valence-electron chi connectivity index (χ4n) is 4.05. The SMILES string of the molecule is COc1ccc([C@H](CC(=O)Nc2cc(OC)ccc2OC)N2Cc3ccccc3C2=O)cc1. The van der Waals surface area contributed by atoms with E-state index in [9.17, 15) is 9.59 Å². The van der Waals surface area contributed by atoms with E-state index in [1.807, 2.05) is 48.5 Å². The van der Waals surface area contributed by atoms with Gasteiger partial charge in [0.15, 0.2) is 0 Å². The van der Waals surface area contributed by atoms with Crippen LogP contribution in [0, 0.1) is 0 Å². The van der Waals surface area contributed by atoms with Crippen LogP contribution in [-0.2, 0) is 11.3 Å². The van der Waals surface area contributed by atoms with E-state index >= 15 is 0 Å². The largest absolute Gasteiger partial charge is 0.497 e. The molecule has 33 heavy (non-hydrogen) atoms. The monoisotopic (exact) mass is 446 g/mol. The molecule has 0 unspecified atom stereocenters. The predicted octanol–water partition coefficient (Wildman–Crippen LogP) is 4.44. The van der Waals surface area contributed by atoms with E-state index in [-0.39, 0.29) is 18.2 Å². The van der Waals surface area contributed by atoms with E-state index in [1.54, 1.807) is 37.3 Å². The number of amides is 2. The van der Waals surface area contributed by atoms with Crippen molar-refractivity contribution in [2.24, 2.45) is 0 Å². The van der Waals surface area contributed by atoms with Crippen LogP contribution in [0.25, 0.3) is 0 Å². The topological polar surface area (TPSA) is 77.1 Å². The van der Waals surface area contributed by atoms with Gasteiger partial charge in [-0.15, -0.1) is 0 Å². The Kier molecular flexibility index (Phi) is 6.49. The van der Waals surface area contributed by atoms with E-state index in [1.165, 1.54) is 7.11 Å². The molecule has 0 saturated carbocycles. The Morgan fingerprint density at radius 2 is 1.64 bits per heavy atom. The fourth-order valence-corrected chi connectivity index (χ4v) is 4.05. The van der Waals surface area contributed by atoms with Crippen LogP contribution in [0.1, 0.15) is 33.9 Å². The smallest absolute Gasteiger partial charge is 0.255 e. The maximum atomic E-state index is 13.2. The molecule has 0 fully saturated rings. The number of carbonyl (C=O) groups excluding carboxylic acids is 2. The Hall–Kier alpha value is -4.00. The first-order chi connectivity index (χ1) is 16.0. The number of hydrogen-bond acceptors (Lipinski definition) is 5. The molecule has 2 amide bonds. The molecular weight excluding hydrogens is 420 g/mol. The molecule has 3 aromatic rings. The predicted molar refractivity (Wildman–Crippen MR) is 125 cm³/mol. The van der Waals surface area contributed by atoms with Gasteiger partial charge in [0.05, 0.1) is 39.5 Å². The van der Waals surface area contributed by atoms with Crippen LogP contribution in [0.5, 0.6) is 17.2 Å². The second kappa shape index (κ2) is 9.65. The van der Waals surface area contributed by atoms with Crippen molar-refractivity contribution >= 4 is 17.5 Å². The second-order valence-corrected chi connectivity index (χ2v) is 7.70. The van der Waals surface area contributed by atoms with Crippen molar-refractivity contribution in [3.8, 4) is 17.2 Å². The maximum absolute atomic E-state index is 13.2. The highest BCUT2D eigenvalue weighted by molar-refractivity contribution is 5.99. The first-order valence-electron chi connectivity index (χ1n) is 10.6. The van der Waals surface area contributed by atoms with Crippen LogP contribution in [0.15, 0.2) is 66.7 Å². The Bertz CT molecular complexity index is 1160. The average molecular weight is 447 g/mol. The average Bonchev–Trinajstić information content (AvgIpc) is 3.18. The molecule has 1 atom stereocenters. The Morgan fingerprint density at radius 1 is 0.939 bits per heavy atom. The fraction of sp³-hybridized carbons (Fsp3) is 0.231. The molecule has 0 bridgehead atoms. The summed E-state index contributed by atoms with van der Waals surface area (Å²) in [6.45, 7) is 0.446. The number of anilines is 1. The van der Waals surface area contributed by atoms with Crippen molar-refractivity contribution in [1.29, 1.82) is 0 Å². The minimum absolute atomic E-state index is 0.0758. The highest BCUT2D eigenvalue weighted by atomic mass is 16.5. The molecule has 0 aromatic heterocycles. The highest BCUT2D eigenvalue weighted by Gasteiger charge is 2.34. The standard InChI is InChI=1S/C26H26N2O5/c1-31-19-10-8-17(9-11-19)23(28-16-18-6-4-5-7-21(18)26(28)30)15-25(29)27-22-14-20(32-2)12-13-24(22)33-3/h4-14,23H,15-16H2,1-3H3,(H,27,29)/t23-/m0/s1. The van der Waals surface area contributed by atoms with Crippen LogP contribution in [0.4, 0.5) is 5.69 Å². The highest BCUT2D eigenvalue weighted by Crippen LogP contribution is 2.35. The van der Waals surface area contributed by atoms with Gasteiger partial charge in [-0.25, -0.2) is 0 Å². The van der Waals surface area contributed by atoms with Crippen LogP contribution >= 0.6 is 0 Å². The molecule has 0 saturated heterocycles. The number of methoxy groups -OCH3 is 3. The van der Waals surface area contributed by atoms with Crippen LogP contribution < -0.4 is 19.5 Å². The zero-order valence-corrected chi connectivity index (χ0v) is 18.8. The normalized spacial score (nSPS) is 13.3. The molecule has 1 N–H and O–H groups in total. The third kappa shape index (κ3) is 4.62. The van der Waals surface area contributed by atoms with Crippen molar-refractivity contribution < 1.29 is 23.8 Å². The van der Waals surface area contributed by atoms with Gasteiger partial charge >= 0.3 is 0 Å². The van der Waals surface area contributed by atoms with Gasteiger partial charge in [0.1, 0.15) is 17.2 Å². The molecule has 170 valence electrons. The van der Waals surface area contributed by atoms with Crippen molar-refractivity contribution in [3.63, 3.8) is 0 Å². The van der Waals surface area contributed by atoms with Crippen molar-refractivity contribution in [3.05, 3.63) is 83.4 Å². The van der Waals surface area contributed by atoms with Crippen molar-refractivity contribution in [1.82, 2.24) is 4.90 Å². The minimum atomic E-state index is -0.451. The summed E-state index contributed by atoms with van der Waals surface area (Å²) in [5.74, 6) is 1.50. The number of hydrogen-bond donors (Lipinski definition) is 1. The third-order valence-electron chi connectivity index (χ3n) is 5.79. The zero-order valence-electron chi connectivity index (χ0n) is 18.8. The van der Waals surface area contributed by atoms with Gasteiger partial charge in [0.2, 0.25) is 5.91 Å². The van der Waals surface area contributed by atoms with Crippen molar-refractivity contribution in [2.45, 2.75) is 19.0 Å². The third-order valence-corrected chi connectivity index (χ3v) is 5.79. The Morgan fingerprint density at radius 3 is 2.30 bits per heavy atom. The lowest BCUT2D eigenvalue weighted by atomic mass is 10.0. The molecule has 1 aliphatic heterocycles. The van der Waals surface area contributed by atoms with Crippen molar-refractivity contribution in [2.75, 3.05) is 26.6 Å². The van der Waals surface area contributed by atoms with E-state index < -0.39 is 6.04 Å². The van der Waals surface area contributed by atoms with Crippen LogP contribution in [0.2, 0.25) is 0 Å². The molecule has 7 nitrogen and oxygen atoms in total. The van der Waals surface area contributed by atoms with Crippen LogP contribution in [-0.4, -0.2) is 38.0 Å². The first-order valence-corrected chi connectivity index (χ1v) is 10.6. The number of benzene rings is 3. The molecule has 0 spiro atoms. The lowest BCUT2D eigenvalue weighted by Gasteiger charge is -2.28. The minimum Gasteiger partial charge on any atom is -0.497 e. The number of nitrogens with one attached hydrogen (secondary N) is 1. The molecule has 4 rings (SSSR count). The number of nitrogens with zero attached hydrogens (tertiary/aromatic N) is 1. The number of rotatable bonds is 8. The van der Waals surface area contributed by atoms with Gasteiger partial charge < -0.3 is 24.4 Å². The van der Waals surface area contributed by atoms with E-state index in [0.29, 0.717) is 35.0 Å². The summed E-state index contributed by atoms with van der Waals surface area (Å²) in [5.41, 5.74) is 2.98. The Labute approximate surface area is 192 Å². The van der Waals surface area contributed by atoms with Gasteiger partial charge in [0, 0.05) is 18.2 Å². The lowest BCUT2D eigenvalue weighted by Crippen LogP contribution is -2.32. The maximum Gasteiger partial charge on any atom is 0.255 e. The summed E-state index contributed by atoms with van der Waals surface area (Å²) in [6, 6.07) is 19.7. The van der Waals surface area contributed by atoms with E-state index in [0.717, 1.165) is 11.1 Å². The van der Waals surface area contributed by atoms with Gasteiger partial charge in [-0.1, -0.05) is 30.3 Å². The summed E-state index contributed by atoms with van der Waals surface area (Å²) >= 11 is 0. The van der Waals surface area contributed by atoms with Gasteiger partial charge in [-0.05, 0) is 41.5 Å². The van der Waals surface area contributed by atoms with Gasteiger partial charge in [0.25, 0.3) is 5.91 Å². The zero-order chi connectivity index (χ0) is 23.4. The summed E-state index contributed by atoms with van der Waals surface area (Å²) in [5, 5.41) is 2.91. The number of fused-ring (bicyclic) bond motifs is 1. The van der Waals surface area contributed by atoms with Gasteiger partial charge in [-0.3, -0.25) is 9.59 Å². The first kappa shape index (κ1) is 22.2. The molecule has 1 aliphatic rings. The van der Waals surface area contributed by atoms with Crippen LogP contribution in [0.3, 0.4) is 0 Å². The molecule has 0 aliphatic carbocycles. The second-order valence-electron chi connectivity index (χ2n) is 7.70. The summed E-state index contributed by atoms with van der Waals surface area (Å²) in [7, 11) is 4.70. The van der Waals surface area contributed by atoms with E-state index in [2.05, 4.69) is 5.32 Å². The Balaban J connectivity index is 1.62. The van der Waals surface area contributed by atoms with E-state index in [4.69, 9.17) is 14.2 Å². The molecule has 7 heteroatoms.